The van der Waals surface area contributed by atoms with Crippen molar-refractivity contribution in [1.29, 1.82) is 5.26 Å². The van der Waals surface area contributed by atoms with Gasteiger partial charge in [-0.1, -0.05) is 18.7 Å². The lowest BCUT2D eigenvalue weighted by Crippen LogP contribution is -2.42. The standard InChI is InChI=1S/C17H18N4O2S/c1-2-4-15-19-20-17(23-15)24-14-5-3-10-21(16(14)22)13-8-6-12(11-18)7-9-13/h6-9,14H,2-5,10H2,1H3/t14-/m1/s1. The van der Waals surface area contributed by atoms with Crippen molar-refractivity contribution in [2.75, 3.05) is 11.4 Å². The highest BCUT2D eigenvalue weighted by atomic mass is 32.2. The Morgan fingerprint density at radius 2 is 2.17 bits per heavy atom. The number of aromatic nitrogens is 2. The van der Waals surface area contributed by atoms with Crippen LogP contribution in [0.4, 0.5) is 5.69 Å². The van der Waals surface area contributed by atoms with Gasteiger partial charge in [-0.15, -0.1) is 10.2 Å². The maximum absolute atomic E-state index is 12.8. The second-order valence-corrected chi connectivity index (χ2v) is 6.76. The number of nitrogens with zero attached hydrogens (tertiary/aromatic N) is 4. The van der Waals surface area contributed by atoms with Gasteiger partial charge in [-0.05, 0) is 43.5 Å². The van der Waals surface area contributed by atoms with Crippen molar-refractivity contribution in [3.05, 3.63) is 35.7 Å². The van der Waals surface area contributed by atoms with Gasteiger partial charge in [0.25, 0.3) is 5.22 Å². The van der Waals surface area contributed by atoms with Crippen LogP contribution in [0.15, 0.2) is 33.9 Å². The number of carbonyl (C=O) groups is 1. The number of nitriles is 1. The first kappa shape index (κ1) is 16.5. The zero-order chi connectivity index (χ0) is 16.9. The van der Waals surface area contributed by atoms with Crippen LogP contribution in [0, 0.1) is 11.3 Å². The number of aryl methyl sites for hydroxylation is 1. The van der Waals surface area contributed by atoms with E-state index in [1.165, 1.54) is 11.8 Å². The second-order valence-electron chi connectivity index (χ2n) is 5.61. The van der Waals surface area contributed by atoms with Crippen molar-refractivity contribution in [2.45, 2.75) is 43.1 Å². The maximum Gasteiger partial charge on any atom is 0.277 e. The van der Waals surface area contributed by atoms with Gasteiger partial charge < -0.3 is 9.32 Å². The van der Waals surface area contributed by atoms with Crippen LogP contribution < -0.4 is 4.90 Å². The van der Waals surface area contributed by atoms with E-state index >= 15 is 0 Å². The summed E-state index contributed by atoms with van der Waals surface area (Å²) < 4.78 is 5.58. The molecule has 0 spiro atoms. The Morgan fingerprint density at radius 1 is 1.38 bits per heavy atom. The average Bonchev–Trinajstić information content (AvgIpc) is 3.04. The first-order valence-corrected chi connectivity index (χ1v) is 8.90. The van der Waals surface area contributed by atoms with Crippen LogP contribution in [0.2, 0.25) is 0 Å². The van der Waals surface area contributed by atoms with E-state index in [4.69, 9.17) is 9.68 Å². The van der Waals surface area contributed by atoms with Crippen molar-refractivity contribution >= 4 is 23.4 Å². The summed E-state index contributed by atoms with van der Waals surface area (Å²) in [5.74, 6) is 0.665. The molecule has 6 nitrogen and oxygen atoms in total. The Labute approximate surface area is 144 Å². The van der Waals surface area contributed by atoms with E-state index in [2.05, 4.69) is 23.2 Å². The molecule has 1 aliphatic rings. The summed E-state index contributed by atoms with van der Waals surface area (Å²) >= 11 is 1.34. The van der Waals surface area contributed by atoms with Gasteiger partial charge in [-0.25, -0.2) is 0 Å². The first-order valence-electron chi connectivity index (χ1n) is 8.02. The van der Waals surface area contributed by atoms with Crippen LogP contribution in [0.25, 0.3) is 0 Å². The molecule has 1 aromatic heterocycles. The van der Waals surface area contributed by atoms with Crippen LogP contribution in [0.1, 0.15) is 37.6 Å². The summed E-state index contributed by atoms with van der Waals surface area (Å²) in [6, 6.07) is 9.18. The molecule has 1 atom stereocenters. The molecule has 0 N–H and O–H groups in total. The number of hydrogen-bond donors (Lipinski definition) is 0. The summed E-state index contributed by atoms with van der Waals surface area (Å²) in [4.78, 5) is 14.5. The normalized spacial score (nSPS) is 17.8. The fraction of sp³-hybridized carbons (Fsp3) is 0.412. The van der Waals surface area contributed by atoms with E-state index in [0.717, 1.165) is 31.4 Å². The lowest BCUT2D eigenvalue weighted by molar-refractivity contribution is -0.119. The predicted molar refractivity (Wildman–Crippen MR) is 90.7 cm³/mol. The maximum atomic E-state index is 12.8. The highest BCUT2D eigenvalue weighted by molar-refractivity contribution is 8.00. The topological polar surface area (TPSA) is 83.0 Å². The molecular weight excluding hydrogens is 324 g/mol. The molecule has 24 heavy (non-hydrogen) atoms. The van der Waals surface area contributed by atoms with Crippen molar-refractivity contribution < 1.29 is 9.21 Å². The van der Waals surface area contributed by atoms with Crippen LogP contribution >= 0.6 is 11.8 Å². The fourth-order valence-electron chi connectivity index (χ4n) is 2.65. The third kappa shape index (κ3) is 3.60. The van der Waals surface area contributed by atoms with Gasteiger partial charge in [0.1, 0.15) is 0 Å². The Hall–Kier alpha value is -2.33. The largest absolute Gasteiger partial charge is 0.416 e. The van der Waals surface area contributed by atoms with Gasteiger partial charge in [0.2, 0.25) is 11.8 Å². The minimum absolute atomic E-state index is 0.0474. The van der Waals surface area contributed by atoms with Crippen LogP contribution in [-0.4, -0.2) is 27.9 Å². The van der Waals surface area contributed by atoms with Gasteiger partial charge >= 0.3 is 0 Å². The molecular formula is C17H18N4O2S. The number of carbonyl (C=O) groups excluding carboxylic acids is 1. The lowest BCUT2D eigenvalue weighted by atomic mass is 10.1. The molecule has 0 bridgehead atoms. The van der Waals surface area contributed by atoms with E-state index in [-0.39, 0.29) is 11.2 Å². The van der Waals surface area contributed by atoms with Crippen LogP contribution in [0.3, 0.4) is 0 Å². The molecule has 7 heteroatoms. The third-order valence-corrected chi connectivity index (χ3v) is 4.94. The number of amides is 1. The minimum Gasteiger partial charge on any atom is -0.416 e. The Bertz CT molecular complexity index is 751. The highest BCUT2D eigenvalue weighted by Gasteiger charge is 2.31. The molecule has 0 radical (unpaired) electrons. The van der Waals surface area contributed by atoms with Gasteiger partial charge in [0, 0.05) is 18.7 Å². The molecule has 0 aliphatic carbocycles. The van der Waals surface area contributed by atoms with Gasteiger partial charge in [0.15, 0.2) is 0 Å². The molecule has 1 aliphatic heterocycles. The van der Waals surface area contributed by atoms with Crippen LogP contribution in [-0.2, 0) is 11.2 Å². The molecule has 1 fully saturated rings. The van der Waals surface area contributed by atoms with Crippen molar-refractivity contribution in [3.63, 3.8) is 0 Å². The third-order valence-electron chi connectivity index (χ3n) is 3.85. The van der Waals surface area contributed by atoms with Crippen LogP contribution in [0.5, 0.6) is 0 Å². The van der Waals surface area contributed by atoms with Gasteiger partial charge in [-0.3, -0.25) is 4.79 Å². The molecule has 1 amide bonds. The van der Waals surface area contributed by atoms with Gasteiger partial charge in [0.05, 0.1) is 16.9 Å². The van der Waals surface area contributed by atoms with E-state index in [0.29, 0.717) is 23.2 Å². The number of thioether (sulfide) groups is 1. The Kier molecular flexibility index (Phi) is 5.16. The summed E-state index contributed by atoms with van der Waals surface area (Å²) in [5, 5.41) is 17.1. The van der Waals surface area contributed by atoms with Crippen molar-refractivity contribution in [1.82, 2.24) is 10.2 Å². The van der Waals surface area contributed by atoms with E-state index in [9.17, 15) is 4.79 Å². The molecule has 0 saturated carbocycles. The highest BCUT2D eigenvalue weighted by Crippen LogP contribution is 2.32. The molecule has 1 saturated heterocycles. The van der Waals surface area contributed by atoms with Crippen molar-refractivity contribution in [3.8, 4) is 6.07 Å². The molecule has 2 aromatic rings. The van der Waals surface area contributed by atoms with Gasteiger partial charge in [-0.2, -0.15) is 5.26 Å². The molecule has 2 heterocycles. The van der Waals surface area contributed by atoms with E-state index < -0.39 is 0 Å². The first-order chi connectivity index (χ1) is 11.7. The Morgan fingerprint density at radius 3 is 2.88 bits per heavy atom. The zero-order valence-corrected chi connectivity index (χ0v) is 14.3. The predicted octanol–water partition coefficient (Wildman–Crippen LogP) is 3.18. The fourth-order valence-corrected chi connectivity index (χ4v) is 3.63. The second kappa shape index (κ2) is 7.49. The van der Waals surface area contributed by atoms with Crippen molar-refractivity contribution in [2.24, 2.45) is 0 Å². The summed E-state index contributed by atoms with van der Waals surface area (Å²) in [7, 11) is 0. The molecule has 1 aromatic carbocycles. The number of hydrogen-bond acceptors (Lipinski definition) is 6. The number of rotatable bonds is 5. The van der Waals surface area contributed by atoms with E-state index in [1.807, 2.05) is 12.1 Å². The monoisotopic (exact) mass is 342 g/mol. The number of benzene rings is 1. The summed E-state index contributed by atoms with van der Waals surface area (Å²) in [6.45, 7) is 2.74. The smallest absolute Gasteiger partial charge is 0.277 e. The number of anilines is 1. The quantitative estimate of drug-likeness (QED) is 0.830. The molecule has 0 unspecified atom stereocenters. The van der Waals surface area contributed by atoms with E-state index in [1.54, 1.807) is 17.0 Å². The molecule has 3 rings (SSSR count). The summed E-state index contributed by atoms with van der Waals surface area (Å²) in [6.07, 6.45) is 3.41. The zero-order valence-electron chi connectivity index (χ0n) is 13.4. The SMILES string of the molecule is CCCc1nnc(S[C@@H]2CCCN(c3ccc(C#N)cc3)C2=O)o1. The molecule has 124 valence electrons. The minimum atomic E-state index is -0.218. The lowest BCUT2D eigenvalue weighted by Gasteiger charge is -2.31. The number of piperidine rings is 1. The Balaban J connectivity index is 1.70. The summed E-state index contributed by atoms with van der Waals surface area (Å²) in [5.41, 5.74) is 1.41. The average molecular weight is 342 g/mol.